The van der Waals surface area contributed by atoms with Crippen LogP contribution < -0.4 is 15.8 Å². The van der Waals surface area contributed by atoms with Crippen LogP contribution in [0.1, 0.15) is 33.6 Å². The normalized spacial score (nSPS) is 11.7. The fourth-order valence-electron chi connectivity index (χ4n) is 4.02. The summed E-state index contributed by atoms with van der Waals surface area (Å²) in [5.74, 6) is 0.619. The molecule has 12 heteroatoms. The van der Waals surface area contributed by atoms with E-state index in [4.69, 9.17) is 20.3 Å². The summed E-state index contributed by atoms with van der Waals surface area (Å²) < 4.78 is 13.5. The van der Waals surface area contributed by atoms with Crippen molar-refractivity contribution in [1.29, 1.82) is 0 Å². The first-order valence-electron chi connectivity index (χ1n) is 11.5. The van der Waals surface area contributed by atoms with E-state index in [1.807, 2.05) is 0 Å². The SMILES string of the molecule is COc1cccc2cc(-c3nn(CCCCNC(=O)OC(C)(C)C)c4ncnc(N)c34)n(C(=O)O)c12. The summed E-state index contributed by atoms with van der Waals surface area (Å²) in [6, 6.07) is 7.02. The zero-order valence-electron chi connectivity index (χ0n) is 20.6. The van der Waals surface area contributed by atoms with Gasteiger partial charge < -0.3 is 25.6 Å². The Morgan fingerprint density at radius 1 is 1.19 bits per heavy atom. The van der Waals surface area contributed by atoms with Gasteiger partial charge in [0.2, 0.25) is 0 Å². The van der Waals surface area contributed by atoms with Crippen LogP contribution in [0, 0.1) is 0 Å². The van der Waals surface area contributed by atoms with Gasteiger partial charge in [-0.1, -0.05) is 12.1 Å². The number of fused-ring (bicyclic) bond motifs is 2. The summed E-state index contributed by atoms with van der Waals surface area (Å²) >= 11 is 0. The molecule has 4 N–H and O–H groups in total. The number of unbranched alkanes of at least 4 members (excludes halogenated alkanes) is 1. The molecule has 0 aliphatic carbocycles. The molecule has 0 aliphatic rings. The highest BCUT2D eigenvalue weighted by molar-refractivity contribution is 6.04. The average Bonchev–Trinajstić information content (AvgIpc) is 3.37. The molecule has 1 aromatic carbocycles. The van der Waals surface area contributed by atoms with Crippen LogP contribution in [-0.4, -0.2) is 60.9 Å². The lowest BCUT2D eigenvalue weighted by Crippen LogP contribution is -2.33. The van der Waals surface area contributed by atoms with Crippen molar-refractivity contribution in [3.05, 3.63) is 30.6 Å². The van der Waals surface area contributed by atoms with E-state index in [-0.39, 0.29) is 5.82 Å². The summed E-state index contributed by atoms with van der Waals surface area (Å²) in [4.78, 5) is 32.6. The van der Waals surface area contributed by atoms with Crippen molar-refractivity contribution in [2.75, 3.05) is 19.4 Å². The summed E-state index contributed by atoms with van der Waals surface area (Å²) in [7, 11) is 1.49. The second-order valence-electron chi connectivity index (χ2n) is 9.21. The summed E-state index contributed by atoms with van der Waals surface area (Å²) in [6.07, 6.45) is 1.04. The van der Waals surface area contributed by atoms with Crippen LogP contribution in [0.3, 0.4) is 0 Å². The van der Waals surface area contributed by atoms with Crippen LogP contribution in [-0.2, 0) is 11.3 Å². The maximum absolute atomic E-state index is 12.3. The smallest absolute Gasteiger partial charge is 0.416 e. The Morgan fingerprint density at radius 2 is 1.97 bits per heavy atom. The van der Waals surface area contributed by atoms with Gasteiger partial charge in [0.15, 0.2) is 5.65 Å². The highest BCUT2D eigenvalue weighted by Crippen LogP contribution is 2.37. The minimum atomic E-state index is -1.18. The minimum Gasteiger partial charge on any atom is -0.495 e. The zero-order chi connectivity index (χ0) is 26.0. The number of amides is 1. The molecule has 3 aromatic heterocycles. The molecule has 36 heavy (non-hydrogen) atoms. The first-order valence-corrected chi connectivity index (χ1v) is 11.5. The van der Waals surface area contributed by atoms with Crippen molar-refractivity contribution in [2.45, 2.75) is 45.8 Å². The van der Waals surface area contributed by atoms with Crippen molar-refractivity contribution in [3.8, 4) is 17.1 Å². The standard InChI is InChI=1S/C24H29N7O5/c1-24(2,3)36-22(32)26-10-5-6-11-30-21-17(20(25)27-13-28-21)18(29-30)15-12-14-8-7-9-16(35-4)19(14)31(15)23(33)34/h7-9,12-13H,5-6,10-11H2,1-4H3,(H,26,32)(H,33,34)(H2,25,27,28). The van der Waals surface area contributed by atoms with E-state index in [0.29, 0.717) is 65.0 Å². The van der Waals surface area contributed by atoms with E-state index in [2.05, 4.69) is 15.3 Å². The van der Waals surface area contributed by atoms with Crippen LogP contribution in [0.25, 0.3) is 33.3 Å². The van der Waals surface area contributed by atoms with Gasteiger partial charge in [-0.05, 0) is 45.7 Å². The van der Waals surface area contributed by atoms with Crippen molar-refractivity contribution in [3.63, 3.8) is 0 Å². The van der Waals surface area contributed by atoms with E-state index < -0.39 is 17.8 Å². The number of alkyl carbamates (subject to hydrolysis) is 1. The Bertz CT molecular complexity index is 1430. The average molecular weight is 496 g/mol. The second-order valence-corrected chi connectivity index (χ2v) is 9.21. The van der Waals surface area contributed by atoms with Crippen LogP contribution in [0.15, 0.2) is 30.6 Å². The lowest BCUT2D eigenvalue weighted by Gasteiger charge is -2.19. The van der Waals surface area contributed by atoms with Crippen molar-refractivity contribution in [1.82, 2.24) is 29.6 Å². The predicted octanol–water partition coefficient (Wildman–Crippen LogP) is 3.87. The number of nitrogens with one attached hydrogen (secondary N) is 1. The molecule has 12 nitrogen and oxygen atoms in total. The van der Waals surface area contributed by atoms with Gasteiger partial charge in [0, 0.05) is 18.5 Å². The molecule has 4 rings (SSSR count). The zero-order valence-corrected chi connectivity index (χ0v) is 20.6. The van der Waals surface area contributed by atoms with Crippen molar-refractivity contribution < 1.29 is 24.2 Å². The molecule has 0 atom stereocenters. The highest BCUT2D eigenvalue weighted by atomic mass is 16.6. The van der Waals surface area contributed by atoms with Gasteiger partial charge in [0.05, 0.1) is 18.2 Å². The quantitative estimate of drug-likeness (QED) is 0.323. The Hall–Kier alpha value is -4.35. The number of aryl methyl sites for hydroxylation is 1. The molecule has 0 spiro atoms. The number of nitrogens with zero attached hydrogens (tertiary/aromatic N) is 5. The van der Waals surface area contributed by atoms with Crippen LogP contribution in [0.4, 0.5) is 15.4 Å². The number of nitrogen functional groups attached to an aromatic ring is 1. The second kappa shape index (κ2) is 9.72. The maximum atomic E-state index is 12.3. The first-order chi connectivity index (χ1) is 17.1. The Balaban J connectivity index is 1.65. The molecule has 1 amide bonds. The summed E-state index contributed by atoms with van der Waals surface area (Å²) in [6.45, 7) is 6.33. The monoisotopic (exact) mass is 495 g/mol. The van der Waals surface area contributed by atoms with Gasteiger partial charge in [-0.2, -0.15) is 5.10 Å². The lowest BCUT2D eigenvalue weighted by atomic mass is 10.2. The fourth-order valence-corrected chi connectivity index (χ4v) is 4.02. The van der Waals surface area contributed by atoms with Gasteiger partial charge >= 0.3 is 12.2 Å². The Labute approximate surface area is 207 Å². The lowest BCUT2D eigenvalue weighted by molar-refractivity contribution is 0.0526. The van der Waals surface area contributed by atoms with Crippen LogP contribution in [0.2, 0.25) is 0 Å². The van der Waals surface area contributed by atoms with Gasteiger partial charge in [0.1, 0.15) is 34.7 Å². The number of hydrogen-bond acceptors (Lipinski definition) is 8. The number of para-hydroxylation sites is 1. The van der Waals surface area contributed by atoms with Crippen LogP contribution >= 0.6 is 0 Å². The number of methoxy groups -OCH3 is 1. The number of carbonyl (C=O) groups is 2. The molecule has 3 heterocycles. The molecule has 4 aromatic rings. The number of rotatable bonds is 7. The molecule has 0 saturated heterocycles. The fraction of sp³-hybridized carbons (Fsp3) is 0.375. The van der Waals surface area contributed by atoms with E-state index in [1.54, 1.807) is 49.7 Å². The molecule has 0 radical (unpaired) electrons. The Kier molecular flexibility index (Phi) is 6.69. The molecule has 0 fully saturated rings. The van der Waals surface area contributed by atoms with E-state index >= 15 is 0 Å². The topological polar surface area (TPSA) is 159 Å². The van der Waals surface area contributed by atoms with Gasteiger partial charge in [-0.3, -0.25) is 0 Å². The molecular weight excluding hydrogens is 466 g/mol. The van der Waals surface area contributed by atoms with E-state index in [9.17, 15) is 14.7 Å². The molecule has 0 saturated carbocycles. The van der Waals surface area contributed by atoms with Gasteiger partial charge in [-0.15, -0.1) is 0 Å². The highest BCUT2D eigenvalue weighted by Gasteiger charge is 2.25. The molecule has 190 valence electrons. The minimum absolute atomic E-state index is 0.196. The molecular formula is C24H29N7O5. The van der Waals surface area contributed by atoms with Crippen molar-refractivity contribution >= 4 is 39.9 Å². The van der Waals surface area contributed by atoms with Gasteiger partial charge in [-0.25, -0.2) is 28.8 Å². The van der Waals surface area contributed by atoms with E-state index in [1.165, 1.54) is 13.4 Å². The number of aromatic nitrogens is 5. The number of carboxylic acid groups (broad SMARTS) is 1. The van der Waals surface area contributed by atoms with E-state index in [0.717, 1.165) is 4.57 Å². The molecule has 0 aliphatic heterocycles. The first kappa shape index (κ1) is 24.8. The molecule has 0 unspecified atom stereocenters. The summed E-state index contributed by atoms with van der Waals surface area (Å²) in [5, 5.41) is 18.6. The number of carbonyl (C=O) groups excluding carboxylic acids is 1. The third kappa shape index (κ3) is 4.88. The van der Waals surface area contributed by atoms with Crippen molar-refractivity contribution in [2.24, 2.45) is 0 Å². The third-order valence-corrected chi connectivity index (χ3v) is 5.46. The molecule has 0 bridgehead atoms. The largest absolute Gasteiger partial charge is 0.495 e. The third-order valence-electron chi connectivity index (χ3n) is 5.46. The van der Waals surface area contributed by atoms with Crippen LogP contribution in [0.5, 0.6) is 5.75 Å². The van der Waals surface area contributed by atoms with Gasteiger partial charge in [0.25, 0.3) is 0 Å². The number of nitrogens with two attached hydrogens (primary N) is 1. The Morgan fingerprint density at radius 3 is 2.67 bits per heavy atom. The maximum Gasteiger partial charge on any atom is 0.416 e. The number of hydrogen-bond donors (Lipinski definition) is 3. The predicted molar refractivity (Wildman–Crippen MR) is 134 cm³/mol. The number of anilines is 1. The summed E-state index contributed by atoms with van der Waals surface area (Å²) in [5.41, 5.74) is 7.23. The number of benzene rings is 1. The number of ether oxygens (including phenoxy) is 2.